The number of hydrogen-bond donors (Lipinski definition) is 0. The molecule has 0 aromatic heterocycles. The quantitative estimate of drug-likeness (QED) is 0.374. The van der Waals surface area contributed by atoms with Crippen LogP contribution in [0.5, 0.6) is 0 Å². The molecule has 0 bridgehead atoms. The van der Waals surface area contributed by atoms with Crippen LogP contribution in [0.3, 0.4) is 0 Å². The van der Waals surface area contributed by atoms with Crippen molar-refractivity contribution in [3.8, 4) is 22.3 Å². The zero-order valence-electron chi connectivity index (χ0n) is 19.8. The Morgan fingerprint density at radius 1 is 0.486 bits per heavy atom. The van der Waals surface area contributed by atoms with Gasteiger partial charge in [0.25, 0.3) is 0 Å². The van der Waals surface area contributed by atoms with Gasteiger partial charge in [0.05, 0.1) is 0 Å². The van der Waals surface area contributed by atoms with Crippen molar-refractivity contribution in [1.82, 2.24) is 0 Å². The number of allylic oxidation sites excluding steroid dienone is 2. The molecule has 0 amide bonds. The minimum absolute atomic E-state index is 0. The molecule has 0 heterocycles. The molecule has 172 valence electrons. The minimum atomic E-state index is -0.835. The molecule has 3 heteroatoms. The summed E-state index contributed by atoms with van der Waals surface area (Å²) in [6.07, 6.45) is 4.94. The van der Waals surface area contributed by atoms with Crippen LogP contribution in [0.15, 0.2) is 108 Å². The van der Waals surface area contributed by atoms with Crippen LogP contribution < -0.4 is 9.41 Å². The third kappa shape index (κ3) is 4.43. The molecule has 4 aromatic rings. The smallest absolute Gasteiger partial charge is 1.00 e. The summed E-state index contributed by atoms with van der Waals surface area (Å²) in [5, 5.41) is 0. The third-order valence-electron chi connectivity index (χ3n) is 7.06. The predicted octanol–water partition coefficient (Wildman–Crippen LogP) is 2.73. The zero-order chi connectivity index (χ0) is 22.4. The van der Waals surface area contributed by atoms with Crippen molar-refractivity contribution in [2.75, 3.05) is 0 Å². The molecule has 0 nitrogen and oxygen atoms in total. The Morgan fingerprint density at radius 3 is 1.29 bits per heavy atom. The topological polar surface area (TPSA) is 0 Å². The van der Waals surface area contributed by atoms with E-state index in [9.17, 15) is 0 Å². The van der Waals surface area contributed by atoms with Gasteiger partial charge >= 0.3 is 209 Å². The van der Waals surface area contributed by atoms with Gasteiger partial charge in [0, 0.05) is 0 Å². The first-order valence-corrected chi connectivity index (χ1v) is 14.5. The van der Waals surface area contributed by atoms with Gasteiger partial charge in [0.2, 0.25) is 0 Å². The first-order chi connectivity index (χ1) is 16.2. The van der Waals surface area contributed by atoms with E-state index in [4.69, 9.17) is 0 Å². The summed E-state index contributed by atoms with van der Waals surface area (Å²) in [7, 11) is 0. The maximum Gasteiger partial charge on any atom is -1.00 e. The van der Waals surface area contributed by atoms with Crippen molar-refractivity contribution in [2.45, 2.75) is 21.1 Å². The fourth-order valence-electron chi connectivity index (χ4n) is 5.45. The van der Waals surface area contributed by atoms with Crippen LogP contribution in [0.4, 0.5) is 0 Å². The Bertz CT molecular complexity index is 1300. The van der Waals surface area contributed by atoms with Crippen molar-refractivity contribution in [3.63, 3.8) is 0 Å². The fourth-order valence-corrected chi connectivity index (χ4v) is 10.1. The number of benzene rings is 4. The maximum absolute atomic E-state index is 2.47. The first kappa shape index (κ1) is 25.2. The van der Waals surface area contributed by atoms with E-state index in [0.29, 0.717) is 7.25 Å². The molecule has 0 spiro atoms. The monoisotopic (exact) mass is 538 g/mol. The number of fused-ring (bicyclic) bond motifs is 2. The van der Waals surface area contributed by atoms with Gasteiger partial charge in [0.1, 0.15) is 0 Å². The van der Waals surface area contributed by atoms with Gasteiger partial charge in [-0.3, -0.25) is 0 Å². The van der Waals surface area contributed by atoms with E-state index >= 15 is 0 Å². The van der Waals surface area contributed by atoms with Crippen LogP contribution in [0.1, 0.15) is 43.4 Å². The Labute approximate surface area is 217 Å². The maximum atomic E-state index is 2.47. The SMILES string of the molecule is CC1=Cc2c(-c3ccccc3)cccc2[CH]1[Zr+2][CH]1C(C)=Cc2c(-c3ccccc3)cccc21.[F-].[F-]. The molecule has 35 heavy (non-hydrogen) atoms. The molecule has 0 aliphatic heterocycles. The summed E-state index contributed by atoms with van der Waals surface area (Å²) in [6.45, 7) is 4.71. The van der Waals surface area contributed by atoms with Gasteiger partial charge in [0.15, 0.2) is 0 Å². The van der Waals surface area contributed by atoms with Crippen molar-refractivity contribution in [1.29, 1.82) is 0 Å². The summed E-state index contributed by atoms with van der Waals surface area (Å²) in [6, 6.07) is 35.6. The van der Waals surface area contributed by atoms with Gasteiger partial charge in [-0.05, 0) is 0 Å². The molecule has 0 fully saturated rings. The molecule has 2 unspecified atom stereocenters. The molecule has 2 aliphatic carbocycles. The van der Waals surface area contributed by atoms with Crippen LogP contribution in [0.2, 0.25) is 0 Å². The second-order valence-electron chi connectivity index (χ2n) is 9.16. The van der Waals surface area contributed by atoms with Crippen molar-refractivity contribution < 1.29 is 32.6 Å². The summed E-state index contributed by atoms with van der Waals surface area (Å²) >= 11 is -0.835. The summed E-state index contributed by atoms with van der Waals surface area (Å²) < 4.78 is 1.26. The average Bonchev–Trinajstić information content (AvgIpc) is 3.36. The zero-order valence-corrected chi connectivity index (χ0v) is 22.3. The van der Waals surface area contributed by atoms with Gasteiger partial charge in [-0.2, -0.15) is 0 Å². The molecule has 0 N–H and O–H groups in total. The Hall–Kier alpha value is -2.90. The minimum Gasteiger partial charge on any atom is -1.00 e. The predicted molar refractivity (Wildman–Crippen MR) is 137 cm³/mol. The van der Waals surface area contributed by atoms with Crippen LogP contribution in [0, 0.1) is 0 Å². The van der Waals surface area contributed by atoms with E-state index in [1.807, 2.05) is 0 Å². The average molecular weight is 540 g/mol. The molecule has 4 aromatic carbocycles. The van der Waals surface area contributed by atoms with E-state index < -0.39 is 23.2 Å². The van der Waals surface area contributed by atoms with Crippen LogP contribution in [0.25, 0.3) is 34.4 Å². The molecular weight excluding hydrogens is 514 g/mol. The Morgan fingerprint density at radius 2 is 0.886 bits per heavy atom. The largest absolute Gasteiger partial charge is 1.00 e. The molecule has 2 aliphatic rings. The molecule has 0 radical (unpaired) electrons. The van der Waals surface area contributed by atoms with Crippen molar-refractivity contribution in [3.05, 3.63) is 130 Å². The summed E-state index contributed by atoms with van der Waals surface area (Å²) in [4.78, 5) is 0. The molecule has 6 rings (SSSR count). The number of hydrogen-bond acceptors (Lipinski definition) is 0. The van der Waals surface area contributed by atoms with Crippen LogP contribution >= 0.6 is 0 Å². The second-order valence-corrected chi connectivity index (χ2v) is 12.8. The van der Waals surface area contributed by atoms with Crippen molar-refractivity contribution in [2.24, 2.45) is 0 Å². The normalized spacial score (nSPS) is 17.2. The second kappa shape index (κ2) is 10.4. The van der Waals surface area contributed by atoms with E-state index in [1.165, 1.54) is 33.4 Å². The Kier molecular flexibility index (Phi) is 7.48. The number of rotatable bonds is 4. The third-order valence-corrected chi connectivity index (χ3v) is 12.5. The van der Waals surface area contributed by atoms with E-state index in [-0.39, 0.29) is 9.41 Å². The summed E-state index contributed by atoms with van der Waals surface area (Å²) in [5.41, 5.74) is 14.5. The van der Waals surface area contributed by atoms with E-state index in [2.05, 4.69) is 123 Å². The molecule has 2 atom stereocenters. The fraction of sp³-hybridized carbons (Fsp3) is 0.125. The first-order valence-electron chi connectivity index (χ1n) is 11.7. The van der Waals surface area contributed by atoms with Gasteiger partial charge in [-0.25, -0.2) is 0 Å². The van der Waals surface area contributed by atoms with Gasteiger partial charge < -0.3 is 9.41 Å². The standard InChI is InChI=1S/2C16H13.2FH.Zr/c2*1-12-10-14-8-5-9-15(16(14)11-12)13-6-3-2-4-7-13;;;/h2*2-11H,1H3;2*1H;/q;;;;+2/p-2. The number of halogens is 2. The Balaban J connectivity index is 0.00000144. The van der Waals surface area contributed by atoms with E-state index in [0.717, 1.165) is 0 Å². The van der Waals surface area contributed by atoms with Crippen LogP contribution in [-0.4, -0.2) is 0 Å². The molecule has 0 saturated carbocycles. The van der Waals surface area contributed by atoms with E-state index in [1.54, 1.807) is 22.3 Å². The van der Waals surface area contributed by atoms with Crippen molar-refractivity contribution >= 4 is 12.2 Å². The molecular formula is C32H26F2Zr. The molecule has 0 saturated heterocycles. The summed E-state index contributed by atoms with van der Waals surface area (Å²) in [5.74, 6) is 0. The van der Waals surface area contributed by atoms with Gasteiger partial charge in [-0.15, -0.1) is 0 Å². The van der Waals surface area contributed by atoms with Gasteiger partial charge in [-0.1, -0.05) is 0 Å². The van der Waals surface area contributed by atoms with Crippen LogP contribution in [-0.2, 0) is 23.2 Å².